The Morgan fingerprint density at radius 3 is 2.42 bits per heavy atom. The van der Waals surface area contributed by atoms with Crippen molar-refractivity contribution in [1.29, 1.82) is 0 Å². The molecule has 3 heterocycles. The van der Waals surface area contributed by atoms with E-state index in [1.54, 1.807) is 0 Å². The molecule has 1 aromatic rings. The first-order valence-corrected chi connectivity index (χ1v) is 13.0. The van der Waals surface area contributed by atoms with Gasteiger partial charge in [0, 0.05) is 71.4 Å². The molecular weight excluding hydrogens is 408 g/mol. The fraction of sp³-hybridized carbons (Fsp3) is 0.739. The van der Waals surface area contributed by atoms with Crippen LogP contribution in [0.2, 0.25) is 0 Å². The van der Waals surface area contributed by atoms with Crippen LogP contribution in [0.5, 0.6) is 0 Å². The second-order valence-corrected chi connectivity index (χ2v) is 9.74. The fourth-order valence-corrected chi connectivity index (χ4v) is 5.72. The maximum atomic E-state index is 12.6. The van der Waals surface area contributed by atoms with Crippen molar-refractivity contribution in [2.75, 3.05) is 76.9 Å². The molecule has 31 heavy (non-hydrogen) atoms. The highest BCUT2D eigenvalue weighted by Crippen LogP contribution is 2.27. The molecule has 2 aliphatic heterocycles. The molecule has 1 amide bonds. The summed E-state index contributed by atoms with van der Waals surface area (Å²) in [7, 11) is 0. The Hall–Kier alpha value is -1.80. The van der Waals surface area contributed by atoms with Gasteiger partial charge in [0.1, 0.15) is 0 Å². The normalized spacial score (nSPS) is 21.7. The molecule has 0 radical (unpaired) electrons. The van der Waals surface area contributed by atoms with Crippen molar-refractivity contribution < 1.29 is 4.79 Å². The average Bonchev–Trinajstić information content (AvgIpc) is 3.53. The summed E-state index contributed by atoms with van der Waals surface area (Å²) in [6.45, 7) is 12.6. The van der Waals surface area contributed by atoms with E-state index in [0.717, 1.165) is 90.8 Å². The molecule has 172 valence electrons. The topological polar surface area (TPSA) is 54.4 Å². The molecule has 0 unspecified atom stereocenters. The fourth-order valence-electron chi connectivity index (χ4n) is 4.93. The standard InChI is InChI=1S/C23H38N6OS/c1-2-24-23(29-17-15-27(16-18-29)21-8-5-19-31-21)25-9-10-26-11-13-28(14-12-26)22(30)20-6-3-4-7-20/h5,8,19-20H,2-4,6-7,9-18H2,1H3,(H,24,25). The van der Waals surface area contributed by atoms with E-state index in [9.17, 15) is 4.79 Å². The van der Waals surface area contributed by atoms with Gasteiger partial charge in [0.25, 0.3) is 0 Å². The highest BCUT2D eigenvalue weighted by Gasteiger charge is 2.29. The number of nitrogens with one attached hydrogen (secondary N) is 1. The lowest BCUT2D eigenvalue weighted by Crippen LogP contribution is -2.53. The predicted molar refractivity (Wildman–Crippen MR) is 129 cm³/mol. The number of carbonyl (C=O) groups is 1. The summed E-state index contributed by atoms with van der Waals surface area (Å²) in [6, 6.07) is 4.34. The van der Waals surface area contributed by atoms with Gasteiger partial charge in [0.2, 0.25) is 5.91 Å². The second-order valence-electron chi connectivity index (χ2n) is 8.81. The van der Waals surface area contributed by atoms with Gasteiger partial charge in [0.15, 0.2) is 5.96 Å². The number of nitrogens with zero attached hydrogens (tertiary/aromatic N) is 5. The van der Waals surface area contributed by atoms with E-state index < -0.39 is 0 Å². The van der Waals surface area contributed by atoms with Gasteiger partial charge in [-0.3, -0.25) is 14.7 Å². The first-order valence-electron chi connectivity index (χ1n) is 12.1. The summed E-state index contributed by atoms with van der Waals surface area (Å²) < 4.78 is 0. The van der Waals surface area contributed by atoms with Gasteiger partial charge in [-0.1, -0.05) is 12.8 Å². The molecule has 0 atom stereocenters. The number of rotatable bonds is 6. The first kappa shape index (κ1) is 22.4. The Morgan fingerprint density at radius 2 is 1.77 bits per heavy atom. The minimum Gasteiger partial charge on any atom is -0.360 e. The first-order chi connectivity index (χ1) is 15.2. The Labute approximate surface area is 191 Å². The van der Waals surface area contributed by atoms with Gasteiger partial charge in [-0.15, -0.1) is 11.3 Å². The van der Waals surface area contributed by atoms with Crippen LogP contribution in [0.1, 0.15) is 32.6 Å². The Balaban J connectivity index is 1.20. The summed E-state index contributed by atoms with van der Waals surface area (Å²) in [4.78, 5) is 27.0. The zero-order valence-electron chi connectivity index (χ0n) is 19.0. The largest absolute Gasteiger partial charge is 0.360 e. The van der Waals surface area contributed by atoms with Crippen molar-refractivity contribution in [3.63, 3.8) is 0 Å². The van der Waals surface area contributed by atoms with E-state index in [1.807, 2.05) is 11.3 Å². The average molecular weight is 447 g/mol. The van der Waals surface area contributed by atoms with Crippen molar-refractivity contribution in [2.24, 2.45) is 10.9 Å². The molecule has 0 aromatic carbocycles. The van der Waals surface area contributed by atoms with E-state index in [-0.39, 0.29) is 0 Å². The Morgan fingerprint density at radius 1 is 1.06 bits per heavy atom. The van der Waals surface area contributed by atoms with Crippen LogP contribution >= 0.6 is 11.3 Å². The van der Waals surface area contributed by atoms with Crippen molar-refractivity contribution >= 4 is 28.2 Å². The number of thiophene rings is 1. The molecule has 7 nitrogen and oxygen atoms in total. The Kier molecular flexibility index (Phi) is 8.08. The van der Waals surface area contributed by atoms with Gasteiger partial charge >= 0.3 is 0 Å². The molecule has 0 bridgehead atoms. The van der Waals surface area contributed by atoms with Crippen LogP contribution in [-0.4, -0.2) is 98.6 Å². The molecule has 3 fully saturated rings. The van der Waals surface area contributed by atoms with Gasteiger partial charge < -0.3 is 20.0 Å². The number of aliphatic imine (C=N–C) groups is 1. The number of anilines is 1. The summed E-state index contributed by atoms with van der Waals surface area (Å²) in [5, 5.41) is 7.00. The van der Waals surface area contributed by atoms with Crippen LogP contribution in [0, 0.1) is 5.92 Å². The van der Waals surface area contributed by atoms with Crippen LogP contribution in [0.15, 0.2) is 22.5 Å². The Bertz CT molecular complexity index is 702. The smallest absolute Gasteiger partial charge is 0.225 e. The maximum absolute atomic E-state index is 12.6. The van der Waals surface area contributed by atoms with E-state index in [2.05, 4.69) is 49.4 Å². The summed E-state index contributed by atoms with van der Waals surface area (Å²) in [6.07, 6.45) is 4.66. The summed E-state index contributed by atoms with van der Waals surface area (Å²) in [5.41, 5.74) is 0. The number of guanidine groups is 1. The minimum atomic E-state index is 0.305. The number of carbonyl (C=O) groups excluding carboxylic acids is 1. The monoisotopic (exact) mass is 446 g/mol. The molecule has 1 aliphatic carbocycles. The lowest BCUT2D eigenvalue weighted by Gasteiger charge is -2.37. The van der Waals surface area contributed by atoms with E-state index >= 15 is 0 Å². The van der Waals surface area contributed by atoms with Crippen LogP contribution in [0.3, 0.4) is 0 Å². The number of piperazine rings is 2. The van der Waals surface area contributed by atoms with Crippen LogP contribution < -0.4 is 10.2 Å². The quantitative estimate of drug-likeness (QED) is 0.536. The molecule has 4 rings (SSSR count). The molecule has 8 heteroatoms. The third-order valence-electron chi connectivity index (χ3n) is 6.80. The minimum absolute atomic E-state index is 0.305. The van der Waals surface area contributed by atoms with Gasteiger partial charge in [0.05, 0.1) is 11.5 Å². The predicted octanol–water partition coefficient (Wildman–Crippen LogP) is 2.17. The summed E-state index contributed by atoms with van der Waals surface area (Å²) >= 11 is 1.82. The third kappa shape index (κ3) is 5.92. The zero-order chi connectivity index (χ0) is 21.5. The zero-order valence-corrected chi connectivity index (χ0v) is 19.8. The summed E-state index contributed by atoms with van der Waals surface area (Å²) in [5.74, 6) is 1.76. The molecule has 1 aromatic heterocycles. The van der Waals surface area contributed by atoms with Gasteiger partial charge in [-0.25, -0.2) is 0 Å². The number of hydrogen-bond acceptors (Lipinski definition) is 5. The van der Waals surface area contributed by atoms with Crippen LogP contribution in [0.4, 0.5) is 5.00 Å². The number of hydrogen-bond donors (Lipinski definition) is 1. The van der Waals surface area contributed by atoms with Crippen molar-refractivity contribution in [1.82, 2.24) is 20.0 Å². The molecular formula is C23H38N6OS. The second kappa shape index (κ2) is 11.2. The van der Waals surface area contributed by atoms with Crippen LogP contribution in [-0.2, 0) is 4.79 Å². The molecule has 1 saturated carbocycles. The van der Waals surface area contributed by atoms with E-state index in [4.69, 9.17) is 4.99 Å². The molecule has 2 saturated heterocycles. The van der Waals surface area contributed by atoms with Crippen molar-refractivity contribution in [2.45, 2.75) is 32.6 Å². The molecule has 0 spiro atoms. The highest BCUT2D eigenvalue weighted by atomic mass is 32.1. The van der Waals surface area contributed by atoms with Gasteiger partial charge in [-0.05, 0) is 37.3 Å². The molecule has 3 aliphatic rings. The SMILES string of the molecule is CCNC(=NCCN1CCN(C(=O)C2CCCC2)CC1)N1CCN(c2cccs2)CC1. The van der Waals surface area contributed by atoms with E-state index in [1.165, 1.54) is 17.8 Å². The van der Waals surface area contributed by atoms with E-state index in [0.29, 0.717) is 11.8 Å². The van der Waals surface area contributed by atoms with Gasteiger partial charge in [-0.2, -0.15) is 0 Å². The molecule has 1 N–H and O–H groups in total. The lowest BCUT2D eigenvalue weighted by atomic mass is 10.1. The van der Waals surface area contributed by atoms with Crippen LogP contribution in [0.25, 0.3) is 0 Å². The number of amides is 1. The maximum Gasteiger partial charge on any atom is 0.225 e. The highest BCUT2D eigenvalue weighted by molar-refractivity contribution is 7.14. The lowest BCUT2D eigenvalue weighted by molar-refractivity contribution is -0.137. The van der Waals surface area contributed by atoms with Crippen molar-refractivity contribution in [3.05, 3.63) is 17.5 Å². The third-order valence-corrected chi connectivity index (χ3v) is 7.73. The van der Waals surface area contributed by atoms with Crippen molar-refractivity contribution in [3.8, 4) is 0 Å².